The van der Waals surface area contributed by atoms with E-state index in [1.165, 1.54) is 0 Å². The van der Waals surface area contributed by atoms with Crippen LogP contribution in [0.3, 0.4) is 0 Å². The molecule has 2 N–H and O–H groups in total. The van der Waals surface area contributed by atoms with E-state index in [0.717, 1.165) is 24.6 Å². The Bertz CT molecular complexity index is 688. The van der Waals surface area contributed by atoms with E-state index in [-0.39, 0.29) is 11.7 Å². The van der Waals surface area contributed by atoms with Crippen LogP contribution in [-0.4, -0.2) is 29.9 Å². The van der Waals surface area contributed by atoms with Crippen molar-refractivity contribution in [3.63, 3.8) is 0 Å². The van der Waals surface area contributed by atoms with Gasteiger partial charge in [-0.3, -0.25) is 0 Å². The third kappa shape index (κ3) is 3.75. The van der Waals surface area contributed by atoms with Crippen molar-refractivity contribution in [1.29, 1.82) is 0 Å². The number of rotatable bonds is 7. The van der Waals surface area contributed by atoms with Crippen LogP contribution in [-0.2, 0) is 0 Å². The van der Waals surface area contributed by atoms with Gasteiger partial charge in [-0.15, -0.1) is 0 Å². The molecule has 1 unspecified atom stereocenters. The summed E-state index contributed by atoms with van der Waals surface area (Å²) in [5, 5.41) is 7.11. The molecule has 0 aliphatic heterocycles. The van der Waals surface area contributed by atoms with Crippen molar-refractivity contribution in [2.24, 2.45) is 10.5 Å². The van der Waals surface area contributed by atoms with Crippen molar-refractivity contribution in [2.45, 2.75) is 46.1 Å². The van der Waals surface area contributed by atoms with Gasteiger partial charge in [0.1, 0.15) is 5.60 Å². The molecule has 25 heavy (non-hydrogen) atoms. The Morgan fingerprint density at radius 3 is 2.60 bits per heavy atom. The van der Waals surface area contributed by atoms with E-state index in [1.54, 1.807) is 7.05 Å². The molecule has 7 heteroatoms. The second-order valence-electron chi connectivity index (χ2n) is 6.77. The Labute approximate surface area is 147 Å². The molecule has 0 spiro atoms. The van der Waals surface area contributed by atoms with E-state index in [4.69, 9.17) is 4.74 Å². The molecule has 1 aliphatic rings. The van der Waals surface area contributed by atoms with E-state index in [0.29, 0.717) is 6.54 Å². The third-order valence-electron chi connectivity index (χ3n) is 4.70. The Balaban J connectivity index is 2.29. The molecule has 5 nitrogen and oxygen atoms in total. The SMILES string of the molecule is CCCCNc1nc(OC2(C)C=C/C(=N/NC)C2(C)C)c(F)cc1F. The lowest BCUT2D eigenvalue weighted by molar-refractivity contribution is 0.0549. The average molecular weight is 352 g/mol. The number of nitrogens with zero attached hydrogens (tertiary/aromatic N) is 2. The highest BCUT2D eigenvalue weighted by Gasteiger charge is 2.49. The summed E-state index contributed by atoms with van der Waals surface area (Å²) in [5.74, 6) is -1.79. The number of halogens is 2. The summed E-state index contributed by atoms with van der Waals surface area (Å²) in [6.07, 6.45) is 5.48. The standard InChI is InChI=1S/C18H26F2N4O/c1-6-7-10-22-15-12(19)11-13(20)16(23-15)25-18(4)9-8-14(24-21-5)17(18,2)3/h8-9,11,21H,6-7,10H2,1-5H3,(H,22,23)/b24-14-. The van der Waals surface area contributed by atoms with Gasteiger partial charge in [0.15, 0.2) is 17.5 Å². The first kappa shape index (κ1) is 19.1. The Morgan fingerprint density at radius 1 is 1.24 bits per heavy atom. The zero-order valence-electron chi connectivity index (χ0n) is 15.4. The fourth-order valence-electron chi connectivity index (χ4n) is 2.60. The predicted octanol–water partition coefficient (Wildman–Crippen LogP) is 3.88. The maximum absolute atomic E-state index is 14.2. The number of allylic oxidation sites excluding steroid dienone is 1. The van der Waals surface area contributed by atoms with Gasteiger partial charge < -0.3 is 15.5 Å². The third-order valence-corrected chi connectivity index (χ3v) is 4.70. The van der Waals surface area contributed by atoms with Gasteiger partial charge in [0.2, 0.25) is 0 Å². The van der Waals surface area contributed by atoms with Gasteiger partial charge in [0, 0.05) is 19.7 Å². The topological polar surface area (TPSA) is 58.5 Å². The van der Waals surface area contributed by atoms with Crippen LogP contribution in [0.4, 0.5) is 14.6 Å². The van der Waals surface area contributed by atoms with Crippen LogP contribution < -0.4 is 15.5 Å². The highest BCUT2D eigenvalue weighted by molar-refractivity contribution is 6.03. The summed E-state index contributed by atoms with van der Waals surface area (Å²) < 4.78 is 34.0. The van der Waals surface area contributed by atoms with Crippen molar-refractivity contribution in [3.8, 4) is 5.88 Å². The Kier molecular flexibility index (Phi) is 5.65. The Hall–Kier alpha value is -2.18. The number of hydrogen-bond donors (Lipinski definition) is 2. The molecule has 0 amide bonds. The van der Waals surface area contributed by atoms with Crippen molar-refractivity contribution in [3.05, 3.63) is 29.9 Å². The minimum Gasteiger partial charge on any atom is -0.464 e. The number of unbranched alkanes of at least 4 members (excludes halogenated alkanes) is 1. The fraction of sp³-hybridized carbons (Fsp3) is 0.556. The van der Waals surface area contributed by atoms with Crippen LogP contribution in [0.25, 0.3) is 0 Å². The molecule has 0 aromatic carbocycles. The van der Waals surface area contributed by atoms with Gasteiger partial charge >= 0.3 is 0 Å². The normalized spacial score (nSPS) is 23.1. The minimum atomic E-state index is -0.866. The molecule has 1 aromatic heterocycles. The maximum Gasteiger partial charge on any atom is 0.253 e. The molecule has 0 saturated carbocycles. The highest BCUT2D eigenvalue weighted by atomic mass is 19.1. The lowest BCUT2D eigenvalue weighted by atomic mass is 9.77. The second-order valence-corrected chi connectivity index (χ2v) is 6.77. The monoisotopic (exact) mass is 352 g/mol. The molecular weight excluding hydrogens is 326 g/mol. The van der Waals surface area contributed by atoms with E-state index >= 15 is 0 Å². The lowest BCUT2D eigenvalue weighted by Gasteiger charge is -2.37. The molecule has 0 saturated heterocycles. The molecule has 2 rings (SSSR count). The summed E-state index contributed by atoms with van der Waals surface area (Å²) >= 11 is 0. The molecule has 0 bridgehead atoms. The highest BCUT2D eigenvalue weighted by Crippen LogP contribution is 2.42. The van der Waals surface area contributed by atoms with E-state index in [2.05, 4.69) is 20.8 Å². The van der Waals surface area contributed by atoms with Crippen molar-refractivity contribution >= 4 is 11.5 Å². The number of anilines is 1. The smallest absolute Gasteiger partial charge is 0.253 e. The second kappa shape index (κ2) is 7.37. The van der Waals surface area contributed by atoms with Crippen LogP contribution in [0.1, 0.15) is 40.5 Å². The maximum atomic E-state index is 14.2. The van der Waals surface area contributed by atoms with Crippen LogP contribution in [0, 0.1) is 17.0 Å². The molecule has 1 atom stereocenters. The Morgan fingerprint density at radius 2 is 1.96 bits per heavy atom. The van der Waals surface area contributed by atoms with Crippen molar-refractivity contribution in [1.82, 2.24) is 10.4 Å². The quantitative estimate of drug-likeness (QED) is 0.577. The summed E-state index contributed by atoms with van der Waals surface area (Å²) in [4.78, 5) is 4.02. The van der Waals surface area contributed by atoms with Gasteiger partial charge in [-0.05, 0) is 25.5 Å². The fourth-order valence-corrected chi connectivity index (χ4v) is 2.60. The molecule has 1 aliphatic carbocycles. The number of hydrogen-bond acceptors (Lipinski definition) is 5. The van der Waals surface area contributed by atoms with Gasteiger partial charge in [0.25, 0.3) is 5.88 Å². The molecule has 138 valence electrons. The van der Waals surface area contributed by atoms with Crippen LogP contribution in [0.15, 0.2) is 23.3 Å². The first-order valence-electron chi connectivity index (χ1n) is 8.48. The van der Waals surface area contributed by atoms with Crippen LogP contribution in [0.2, 0.25) is 0 Å². The largest absolute Gasteiger partial charge is 0.464 e. The van der Waals surface area contributed by atoms with Gasteiger partial charge in [-0.25, -0.2) is 8.78 Å². The number of aromatic nitrogens is 1. The molecule has 1 aromatic rings. The van der Waals surface area contributed by atoms with Gasteiger partial charge in [-0.2, -0.15) is 10.1 Å². The number of hydrazone groups is 1. The van der Waals surface area contributed by atoms with E-state index in [9.17, 15) is 8.78 Å². The number of pyridine rings is 1. The lowest BCUT2D eigenvalue weighted by Crippen LogP contribution is -2.46. The first-order chi connectivity index (χ1) is 11.7. The summed E-state index contributed by atoms with van der Waals surface area (Å²) in [6.45, 7) is 8.32. The zero-order chi connectivity index (χ0) is 18.7. The van der Waals surface area contributed by atoms with Crippen molar-refractivity contribution < 1.29 is 13.5 Å². The van der Waals surface area contributed by atoms with E-state index < -0.39 is 22.7 Å². The van der Waals surface area contributed by atoms with Crippen LogP contribution in [0.5, 0.6) is 5.88 Å². The summed E-state index contributed by atoms with van der Waals surface area (Å²) in [7, 11) is 1.71. The van der Waals surface area contributed by atoms with Gasteiger partial charge in [0.05, 0.1) is 11.1 Å². The average Bonchev–Trinajstić information content (AvgIpc) is 2.76. The van der Waals surface area contributed by atoms with E-state index in [1.807, 2.05) is 39.8 Å². The number of nitrogens with one attached hydrogen (secondary N) is 2. The molecule has 0 fully saturated rings. The summed E-state index contributed by atoms with van der Waals surface area (Å²) in [5.41, 5.74) is 2.15. The van der Waals surface area contributed by atoms with Crippen molar-refractivity contribution in [2.75, 3.05) is 18.9 Å². The van der Waals surface area contributed by atoms with Gasteiger partial charge in [-0.1, -0.05) is 27.2 Å². The minimum absolute atomic E-state index is 0.00246. The molecular formula is C18H26F2N4O. The first-order valence-corrected chi connectivity index (χ1v) is 8.48. The number of ether oxygens (including phenoxy) is 1. The summed E-state index contributed by atoms with van der Waals surface area (Å²) in [6, 6.07) is 0.800. The predicted molar refractivity (Wildman–Crippen MR) is 96.0 cm³/mol. The molecule has 1 heterocycles. The van der Waals surface area contributed by atoms with Crippen LogP contribution >= 0.6 is 0 Å². The zero-order valence-corrected chi connectivity index (χ0v) is 15.4. The molecule has 0 radical (unpaired) electrons.